The normalized spacial score (nSPS) is 12.0. The van der Waals surface area contributed by atoms with Gasteiger partial charge >= 0.3 is 5.97 Å². The third-order valence-corrected chi connectivity index (χ3v) is 4.21. The maximum Gasteiger partial charge on any atom is 0.330 e. The summed E-state index contributed by atoms with van der Waals surface area (Å²) in [6.45, 7) is 1.88. The molecule has 2 aromatic carbocycles. The Labute approximate surface area is 137 Å². The fourth-order valence-electron chi connectivity index (χ4n) is 1.96. The van der Waals surface area contributed by atoms with E-state index in [1.54, 1.807) is 6.07 Å². The number of hydrogen-bond acceptors (Lipinski definition) is 2. The second-order valence-electron chi connectivity index (χ2n) is 4.49. The zero-order valence-electron chi connectivity index (χ0n) is 11.0. The van der Waals surface area contributed by atoms with Gasteiger partial charge in [0, 0.05) is 16.3 Å². The van der Waals surface area contributed by atoms with Gasteiger partial charge in [-0.1, -0.05) is 53.0 Å². The summed E-state index contributed by atoms with van der Waals surface area (Å²) in [5, 5.41) is 13.1. The van der Waals surface area contributed by atoms with Crippen molar-refractivity contribution < 1.29 is 9.90 Å². The molecule has 21 heavy (non-hydrogen) atoms. The average molecular weight is 345 g/mol. The van der Waals surface area contributed by atoms with Gasteiger partial charge in [0.25, 0.3) is 0 Å². The first-order chi connectivity index (χ1) is 9.91. The molecular weight excluding hydrogens is 333 g/mol. The fraction of sp³-hybridized carbons (Fsp3) is 0.133. The van der Waals surface area contributed by atoms with Crippen LogP contribution in [0.4, 0.5) is 5.69 Å². The number of aliphatic carboxylic acids is 1. The lowest BCUT2D eigenvalue weighted by Gasteiger charge is -2.20. The minimum absolute atomic E-state index is 0.137. The van der Waals surface area contributed by atoms with Gasteiger partial charge in [0.2, 0.25) is 0 Å². The van der Waals surface area contributed by atoms with Gasteiger partial charge in [-0.05, 0) is 30.7 Å². The highest BCUT2D eigenvalue weighted by Crippen LogP contribution is 2.37. The largest absolute Gasteiger partial charge is 0.479 e. The number of carboxylic acid groups (broad SMARTS) is 1. The monoisotopic (exact) mass is 343 g/mol. The number of halogens is 3. The summed E-state index contributed by atoms with van der Waals surface area (Å²) in [7, 11) is 0. The number of anilines is 1. The Morgan fingerprint density at radius 3 is 2.33 bits per heavy atom. The van der Waals surface area contributed by atoms with E-state index in [0.717, 1.165) is 5.56 Å². The van der Waals surface area contributed by atoms with Crippen molar-refractivity contribution in [2.24, 2.45) is 0 Å². The molecule has 2 N–H and O–H groups in total. The summed E-state index contributed by atoms with van der Waals surface area (Å²) >= 11 is 18.2. The van der Waals surface area contributed by atoms with Gasteiger partial charge in [0.1, 0.15) is 0 Å². The van der Waals surface area contributed by atoms with Crippen LogP contribution in [0, 0.1) is 6.92 Å². The number of hydrogen-bond donors (Lipinski definition) is 2. The van der Waals surface area contributed by atoms with Crippen molar-refractivity contribution in [2.45, 2.75) is 13.0 Å². The molecule has 0 saturated heterocycles. The molecule has 110 valence electrons. The van der Waals surface area contributed by atoms with Crippen LogP contribution in [0.25, 0.3) is 0 Å². The maximum absolute atomic E-state index is 11.6. The van der Waals surface area contributed by atoms with Crippen LogP contribution >= 0.6 is 34.8 Å². The Kier molecular flexibility index (Phi) is 4.99. The molecule has 0 aliphatic rings. The van der Waals surface area contributed by atoms with Crippen molar-refractivity contribution in [1.29, 1.82) is 0 Å². The van der Waals surface area contributed by atoms with E-state index in [1.807, 2.05) is 25.1 Å². The fourth-order valence-corrected chi connectivity index (χ4v) is 2.71. The van der Waals surface area contributed by atoms with E-state index in [-0.39, 0.29) is 20.6 Å². The molecule has 0 radical (unpaired) electrons. The Morgan fingerprint density at radius 2 is 1.71 bits per heavy atom. The van der Waals surface area contributed by atoms with Crippen molar-refractivity contribution in [2.75, 3.05) is 5.32 Å². The molecule has 0 bridgehead atoms. The van der Waals surface area contributed by atoms with E-state index in [9.17, 15) is 9.90 Å². The quantitative estimate of drug-likeness (QED) is 0.750. The van der Waals surface area contributed by atoms with E-state index in [2.05, 4.69) is 5.32 Å². The SMILES string of the molecule is Cc1ccccc1NC(C(=O)O)c1c(Cl)ccc(Cl)c1Cl. The van der Waals surface area contributed by atoms with E-state index >= 15 is 0 Å². The molecular formula is C15H12Cl3NO2. The Morgan fingerprint density at radius 1 is 1.10 bits per heavy atom. The van der Waals surface area contributed by atoms with E-state index < -0.39 is 12.0 Å². The number of para-hydroxylation sites is 1. The Hall–Kier alpha value is -1.42. The first-order valence-corrected chi connectivity index (χ1v) is 7.23. The lowest BCUT2D eigenvalue weighted by molar-refractivity contribution is -0.138. The number of carbonyl (C=O) groups is 1. The molecule has 2 rings (SSSR count). The Bertz CT molecular complexity index is 689. The summed E-state index contributed by atoms with van der Waals surface area (Å²) in [5.41, 5.74) is 1.86. The van der Waals surface area contributed by atoms with E-state index in [1.165, 1.54) is 12.1 Å². The maximum atomic E-state index is 11.6. The van der Waals surface area contributed by atoms with Gasteiger partial charge in [-0.3, -0.25) is 0 Å². The summed E-state index contributed by atoms with van der Waals surface area (Å²) in [4.78, 5) is 11.6. The molecule has 6 heteroatoms. The molecule has 1 unspecified atom stereocenters. The highest BCUT2D eigenvalue weighted by Gasteiger charge is 2.26. The second-order valence-corrected chi connectivity index (χ2v) is 5.68. The molecule has 0 aliphatic carbocycles. The van der Waals surface area contributed by atoms with Gasteiger partial charge in [-0.15, -0.1) is 0 Å². The first-order valence-electron chi connectivity index (χ1n) is 6.10. The average Bonchev–Trinajstić information content (AvgIpc) is 2.44. The highest BCUT2D eigenvalue weighted by atomic mass is 35.5. The van der Waals surface area contributed by atoms with Crippen molar-refractivity contribution >= 4 is 46.5 Å². The molecule has 0 aliphatic heterocycles. The van der Waals surface area contributed by atoms with Crippen LogP contribution in [-0.2, 0) is 4.79 Å². The third-order valence-electron chi connectivity index (χ3n) is 3.06. The third kappa shape index (κ3) is 3.43. The highest BCUT2D eigenvalue weighted by molar-refractivity contribution is 6.44. The van der Waals surface area contributed by atoms with Gasteiger partial charge < -0.3 is 10.4 Å². The second kappa shape index (κ2) is 6.56. The zero-order valence-corrected chi connectivity index (χ0v) is 13.3. The van der Waals surface area contributed by atoms with Crippen LogP contribution in [-0.4, -0.2) is 11.1 Å². The summed E-state index contributed by atoms with van der Waals surface area (Å²) in [5.74, 6) is -1.09. The van der Waals surface area contributed by atoms with Gasteiger partial charge in [-0.25, -0.2) is 4.79 Å². The molecule has 3 nitrogen and oxygen atoms in total. The number of benzene rings is 2. The predicted molar refractivity (Wildman–Crippen MR) is 86.7 cm³/mol. The predicted octanol–water partition coefficient (Wildman–Crippen LogP) is 5.19. The van der Waals surface area contributed by atoms with Gasteiger partial charge in [-0.2, -0.15) is 0 Å². The molecule has 0 saturated carbocycles. The molecule has 0 amide bonds. The van der Waals surface area contributed by atoms with Gasteiger partial charge in [0.05, 0.1) is 10.0 Å². The first kappa shape index (κ1) is 16.0. The standard InChI is InChI=1S/C15H12Cl3NO2/c1-8-4-2-3-5-11(8)19-14(15(20)21)12-9(16)6-7-10(17)13(12)18/h2-7,14,19H,1H3,(H,20,21). The molecule has 0 heterocycles. The topological polar surface area (TPSA) is 49.3 Å². The van der Waals surface area contributed by atoms with Gasteiger partial charge in [0.15, 0.2) is 6.04 Å². The van der Waals surface area contributed by atoms with Crippen molar-refractivity contribution in [3.63, 3.8) is 0 Å². The van der Waals surface area contributed by atoms with Crippen LogP contribution in [0.2, 0.25) is 15.1 Å². The summed E-state index contributed by atoms with van der Waals surface area (Å²) in [6, 6.07) is 9.32. The van der Waals surface area contributed by atoms with Crippen LogP contribution in [0.5, 0.6) is 0 Å². The number of carboxylic acids is 1. The lowest BCUT2D eigenvalue weighted by Crippen LogP contribution is -2.21. The summed E-state index contributed by atoms with van der Waals surface area (Å²) in [6.07, 6.45) is 0. The van der Waals surface area contributed by atoms with Crippen LogP contribution in [0.15, 0.2) is 36.4 Å². The van der Waals surface area contributed by atoms with Crippen molar-refractivity contribution in [3.05, 3.63) is 62.6 Å². The van der Waals surface area contributed by atoms with Crippen molar-refractivity contribution in [3.8, 4) is 0 Å². The minimum Gasteiger partial charge on any atom is -0.479 e. The number of rotatable bonds is 4. The molecule has 1 atom stereocenters. The zero-order chi connectivity index (χ0) is 15.6. The van der Waals surface area contributed by atoms with Crippen molar-refractivity contribution in [1.82, 2.24) is 0 Å². The smallest absolute Gasteiger partial charge is 0.330 e. The Balaban J connectivity index is 2.49. The number of aryl methyl sites for hydroxylation is 1. The minimum atomic E-state index is -1.09. The summed E-state index contributed by atoms with van der Waals surface area (Å²) < 4.78 is 0. The van der Waals surface area contributed by atoms with E-state index in [0.29, 0.717) is 5.69 Å². The molecule has 0 spiro atoms. The lowest BCUT2D eigenvalue weighted by atomic mass is 10.1. The number of nitrogens with one attached hydrogen (secondary N) is 1. The van der Waals surface area contributed by atoms with Crippen LogP contribution < -0.4 is 5.32 Å². The van der Waals surface area contributed by atoms with Crippen LogP contribution in [0.1, 0.15) is 17.2 Å². The van der Waals surface area contributed by atoms with E-state index in [4.69, 9.17) is 34.8 Å². The molecule has 0 fully saturated rings. The van der Waals surface area contributed by atoms with Crippen LogP contribution in [0.3, 0.4) is 0 Å². The molecule has 0 aromatic heterocycles. The molecule has 2 aromatic rings.